The Morgan fingerprint density at radius 3 is 2.48 bits per heavy atom. The SMILES string of the molecule is Cc1cc(N)c(Cl)cc1N1C(=O)c2ccc(Br)cc2C1=O. The van der Waals surface area contributed by atoms with Gasteiger partial charge in [0.25, 0.3) is 11.8 Å². The minimum Gasteiger partial charge on any atom is -0.398 e. The summed E-state index contributed by atoms with van der Waals surface area (Å²) in [6, 6.07) is 8.20. The first-order valence-corrected chi connectivity index (χ1v) is 7.31. The molecular weight excluding hydrogens is 356 g/mol. The molecule has 0 fully saturated rings. The molecule has 4 nitrogen and oxygen atoms in total. The largest absolute Gasteiger partial charge is 0.398 e. The van der Waals surface area contributed by atoms with Crippen molar-refractivity contribution >= 4 is 50.7 Å². The number of benzene rings is 2. The van der Waals surface area contributed by atoms with E-state index in [1.54, 1.807) is 37.3 Å². The number of nitrogens with zero attached hydrogens (tertiary/aromatic N) is 1. The van der Waals surface area contributed by atoms with Crippen LogP contribution in [0.1, 0.15) is 26.3 Å². The Bertz CT molecular complexity index is 805. The number of nitrogens with two attached hydrogens (primary N) is 1. The highest BCUT2D eigenvalue weighted by Gasteiger charge is 2.37. The monoisotopic (exact) mass is 364 g/mol. The predicted octanol–water partition coefficient (Wildman–Crippen LogP) is 3.79. The Morgan fingerprint density at radius 2 is 1.76 bits per heavy atom. The topological polar surface area (TPSA) is 63.4 Å². The number of nitrogen functional groups attached to an aromatic ring is 1. The lowest BCUT2D eigenvalue weighted by Crippen LogP contribution is -2.30. The smallest absolute Gasteiger partial charge is 0.266 e. The van der Waals surface area contributed by atoms with Crippen LogP contribution in [-0.4, -0.2) is 11.8 Å². The summed E-state index contributed by atoms with van der Waals surface area (Å²) in [7, 11) is 0. The van der Waals surface area contributed by atoms with Crippen LogP contribution in [-0.2, 0) is 0 Å². The summed E-state index contributed by atoms with van der Waals surface area (Å²) in [5.41, 5.74) is 8.08. The predicted molar refractivity (Wildman–Crippen MR) is 85.9 cm³/mol. The molecule has 0 atom stereocenters. The number of fused-ring (bicyclic) bond motifs is 1. The van der Waals surface area contributed by atoms with Crippen molar-refractivity contribution in [2.24, 2.45) is 0 Å². The summed E-state index contributed by atoms with van der Waals surface area (Å²) in [6.07, 6.45) is 0. The van der Waals surface area contributed by atoms with Gasteiger partial charge in [-0.3, -0.25) is 9.59 Å². The molecular formula is C15H10BrClN2O2. The highest BCUT2D eigenvalue weighted by atomic mass is 79.9. The van der Waals surface area contributed by atoms with Crippen molar-refractivity contribution in [1.82, 2.24) is 0 Å². The quantitative estimate of drug-likeness (QED) is 0.617. The Labute approximate surface area is 134 Å². The molecule has 0 saturated heterocycles. The molecule has 0 radical (unpaired) electrons. The van der Waals surface area contributed by atoms with Crippen LogP contribution in [0.4, 0.5) is 11.4 Å². The number of carbonyl (C=O) groups excluding carboxylic acids is 2. The van der Waals surface area contributed by atoms with E-state index in [0.717, 1.165) is 9.37 Å². The van der Waals surface area contributed by atoms with Gasteiger partial charge in [0, 0.05) is 4.47 Å². The van der Waals surface area contributed by atoms with Crippen LogP contribution < -0.4 is 10.6 Å². The number of anilines is 2. The molecule has 2 aromatic rings. The van der Waals surface area contributed by atoms with Gasteiger partial charge in [0.15, 0.2) is 0 Å². The van der Waals surface area contributed by atoms with E-state index >= 15 is 0 Å². The molecule has 6 heteroatoms. The van der Waals surface area contributed by atoms with E-state index in [1.165, 1.54) is 0 Å². The third-order valence-corrected chi connectivity index (χ3v) is 4.23. The van der Waals surface area contributed by atoms with Crippen LogP contribution in [0.15, 0.2) is 34.8 Å². The fourth-order valence-electron chi connectivity index (χ4n) is 2.37. The van der Waals surface area contributed by atoms with Crippen LogP contribution in [0.3, 0.4) is 0 Å². The summed E-state index contributed by atoms with van der Waals surface area (Å²) in [5, 5.41) is 0.313. The molecule has 2 amide bonds. The van der Waals surface area contributed by atoms with Crippen molar-refractivity contribution in [3.05, 3.63) is 56.5 Å². The van der Waals surface area contributed by atoms with Crippen molar-refractivity contribution in [2.45, 2.75) is 6.92 Å². The van der Waals surface area contributed by atoms with E-state index in [1.807, 2.05) is 0 Å². The average Bonchev–Trinajstić information content (AvgIpc) is 2.66. The highest BCUT2D eigenvalue weighted by Crippen LogP contribution is 2.35. The second-order valence-corrected chi connectivity index (χ2v) is 6.12. The second-order valence-electron chi connectivity index (χ2n) is 4.80. The third kappa shape index (κ3) is 2.13. The van der Waals surface area contributed by atoms with Gasteiger partial charge in [-0.2, -0.15) is 0 Å². The van der Waals surface area contributed by atoms with Crippen LogP contribution in [0.25, 0.3) is 0 Å². The van der Waals surface area contributed by atoms with E-state index in [9.17, 15) is 9.59 Å². The molecule has 1 aliphatic heterocycles. The summed E-state index contributed by atoms with van der Waals surface area (Å²) in [5.74, 6) is -0.716. The van der Waals surface area contributed by atoms with Crippen molar-refractivity contribution in [2.75, 3.05) is 10.6 Å². The van der Waals surface area contributed by atoms with Crippen LogP contribution >= 0.6 is 27.5 Å². The van der Waals surface area contributed by atoms with Gasteiger partial charge in [-0.05, 0) is 42.8 Å². The molecule has 106 valence electrons. The van der Waals surface area contributed by atoms with Gasteiger partial charge < -0.3 is 5.73 Å². The van der Waals surface area contributed by atoms with E-state index in [2.05, 4.69) is 15.9 Å². The molecule has 0 aliphatic carbocycles. The van der Waals surface area contributed by atoms with Gasteiger partial charge in [0.1, 0.15) is 0 Å². The Morgan fingerprint density at radius 1 is 1.10 bits per heavy atom. The van der Waals surface area contributed by atoms with Crippen LogP contribution in [0, 0.1) is 6.92 Å². The minimum absolute atomic E-state index is 0.313. The summed E-state index contributed by atoms with van der Waals surface area (Å²) < 4.78 is 0.747. The first-order valence-electron chi connectivity index (χ1n) is 6.14. The van der Waals surface area contributed by atoms with E-state index in [0.29, 0.717) is 33.1 Å². The number of hydrogen-bond donors (Lipinski definition) is 1. The molecule has 3 rings (SSSR count). The lowest BCUT2D eigenvalue weighted by atomic mass is 10.1. The highest BCUT2D eigenvalue weighted by molar-refractivity contribution is 9.10. The molecule has 0 spiro atoms. The summed E-state index contributed by atoms with van der Waals surface area (Å²) in [4.78, 5) is 26.1. The average molecular weight is 366 g/mol. The van der Waals surface area contributed by atoms with E-state index in [-0.39, 0.29) is 11.8 Å². The number of amides is 2. The lowest BCUT2D eigenvalue weighted by Gasteiger charge is -2.17. The number of aryl methyl sites for hydroxylation is 1. The first-order chi connectivity index (χ1) is 9.90. The second kappa shape index (κ2) is 4.86. The molecule has 2 N–H and O–H groups in total. The molecule has 1 aliphatic rings. The van der Waals surface area contributed by atoms with E-state index in [4.69, 9.17) is 17.3 Å². The molecule has 21 heavy (non-hydrogen) atoms. The maximum absolute atomic E-state index is 12.5. The molecule has 1 heterocycles. The zero-order valence-corrected chi connectivity index (χ0v) is 13.3. The Kier molecular flexibility index (Phi) is 3.26. The van der Waals surface area contributed by atoms with Crippen molar-refractivity contribution < 1.29 is 9.59 Å². The van der Waals surface area contributed by atoms with Gasteiger partial charge in [-0.1, -0.05) is 27.5 Å². The maximum atomic E-state index is 12.5. The van der Waals surface area contributed by atoms with Gasteiger partial charge in [-0.25, -0.2) is 4.90 Å². The maximum Gasteiger partial charge on any atom is 0.266 e. The molecule has 0 bridgehead atoms. The lowest BCUT2D eigenvalue weighted by molar-refractivity contribution is 0.0926. The van der Waals surface area contributed by atoms with Crippen LogP contribution in [0.5, 0.6) is 0 Å². The first kappa shape index (κ1) is 14.1. The van der Waals surface area contributed by atoms with Gasteiger partial charge in [-0.15, -0.1) is 0 Å². The fraction of sp³-hybridized carbons (Fsp3) is 0.0667. The molecule has 2 aromatic carbocycles. The number of carbonyl (C=O) groups is 2. The standard InChI is InChI=1S/C15H10BrClN2O2/c1-7-4-12(18)11(17)6-13(7)19-14(20)9-3-2-8(16)5-10(9)15(19)21/h2-6H,18H2,1H3. The number of halogens is 2. The minimum atomic E-state index is -0.361. The van der Waals surface area contributed by atoms with Crippen molar-refractivity contribution in [3.63, 3.8) is 0 Å². The van der Waals surface area contributed by atoms with Crippen molar-refractivity contribution in [1.29, 1.82) is 0 Å². The normalized spacial score (nSPS) is 13.8. The molecule has 0 unspecified atom stereocenters. The number of imide groups is 1. The van der Waals surface area contributed by atoms with E-state index < -0.39 is 0 Å². The van der Waals surface area contributed by atoms with Gasteiger partial charge in [0.2, 0.25) is 0 Å². The number of rotatable bonds is 1. The third-order valence-electron chi connectivity index (χ3n) is 3.40. The Balaban J connectivity index is 2.16. The number of hydrogen-bond acceptors (Lipinski definition) is 3. The zero-order valence-electron chi connectivity index (χ0n) is 11.0. The summed E-state index contributed by atoms with van der Waals surface area (Å²) >= 11 is 9.32. The fourth-order valence-corrected chi connectivity index (χ4v) is 2.89. The van der Waals surface area contributed by atoms with Crippen molar-refractivity contribution in [3.8, 4) is 0 Å². The van der Waals surface area contributed by atoms with Crippen LogP contribution in [0.2, 0.25) is 5.02 Å². The zero-order chi connectivity index (χ0) is 15.3. The summed E-state index contributed by atoms with van der Waals surface area (Å²) in [6.45, 7) is 1.78. The van der Waals surface area contributed by atoms with Gasteiger partial charge >= 0.3 is 0 Å². The Hall–Kier alpha value is -1.85. The van der Waals surface area contributed by atoms with Gasteiger partial charge in [0.05, 0.1) is 27.5 Å². The molecule has 0 saturated carbocycles. The molecule has 0 aromatic heterocycles.